The maximum atomic E-state index is 14.1. The van der Waals surface area contributed by atoms with E-state index >= 15 is 0 Å². The lowest BCUT2D eigenvalue weighted by Crippen LogP contribution is -2.45. The van der Waals surface area contributed by atoms with Crippen LogP contribution in [0.4, 0.5) is 5.69 Å². The number of carbonyl (C=O) groups is 3. The molecule has 0 aliphatic carbocycles. The van der Waals surface area contributed by atoms with Gasteiger partial charge < -0.3 is 19.5 Å². The van der Waals surface area contributed by atoms with Crippen LogP contribution in [0.2, 0.25) is 0 Å². The van der Waals surface area contributed by atoms with Crippen LogP contribution in [0, 0.1) is 6.92 Å². The van der Waals surface area contributed by atoms with Gasteiger partial charge in [-0.15, -0.1) is 0 Å². The van der Waals surface area contributed by atoms with E-state index < -0.39 is 17.9 Å². The average Bonchev–Trinajstić information content (AvgIpc) is 2.96. The molecule has 1 saturated heterocycles. The zero-order valence-corrected chi connectivity index (χ0v) is 22.6. The second-order valence-electron chi connectivity index (χ2n) is 10.7. The molecule has 3 aromatic carbocycles. The van der Waals surface area contributed by atoms with Gasteiger partial charge in [-0.3, -0.25) is 19.3 Å². The smallest absolute Gasteiger partial charge is 0.313 e. The number of likely N-dealkylation sites (tertiary alicyclic amines) is 1. The molecule has 1 N–H and O–H groups in total. The van der Waals surface area contributed by atoms with Crippen LogP contribution in [0.3, 0.4) is 0 Å². The number of ether oxygens (including phenoxy) is 2. The van der Waals surface area contributed by atoms with Crippen molar-refractivity contribution in [2.45, 2.75) is 44.6 Å². The number of rotatable bonds is 4. The number of hydrogen-bond donors (Lipinski definition) is 1. The fourth-order valence-corrected chi connectivity index (χ4v) is 6.44. The zero-order chi connectivity index (χ0) is 28.0. The van der Waals surface area contributed by atoms with Crippen LogP contribution in [0.15, 0.2) is 60.7 Å². The maximum absolute atomic E-state index is 14.1. The highest BCUT2D eigenvalue weighted by molar-refractivity contribution is 6.11. The van der Waals surface area contributed by atoms with Gasteiger partial charge >= 0.3 is 5.97 Å². The number of aryl methyl sites for hydroxylation is 1. The van der Waals surface area contributed by atoms with Crippen molar-refractivity contribution in [3.63, 3.8) is 0 Å². The van der Waals surface area contributed by atoms with Gasteiger partial charge in [0, 0.05) is 31.3 Å². The second-order valence-corrected chi connectivity index (χ2v) is 10.7. The third-order valence-electron chi connectivity index (χ3n) is 8.42. The van der Waals surface area contributed by atoms with Crippen molar-refractivity contribution in [2.75, 3.05) is 31.2 Å². The Morgan fingerprint density at radius 3 is 2.33 bits per heavy atom. The van der Waals surface area contributed by atoms with Crippen LogP contribution in [0.1, 0.15) is 70.3 Å². The van der Waals surface area contributed by atoms with Crippen LogP contribution in [-0.4, -0.2) is 54.1 Å². The molecule has 8 heteroatoms. The summed E-state index contributed by atoms with van der Waals surface area (Å²) in [6, 6.07) is 17.6. The normalized spacial score (nSPS) is 20.7. The van der Waals surface area contributed by atoms with Crippen LogP contribution in [0.5, 0.6) is 11.5 Å². The number of nitrogens with zero attached hydrogens (tertiary/aromatic N) is 2. The molecule has 0 aromatic heterocycles. The Morgan fingerprint density at radius 2 is 1.62 bits per heavy atom. The lowest BCUT2D eigenvalue weighted by atomic mass is 9.79. The van der Waals surface area contributed by atoms with E-state index in [4.69, 9.17) is 9.47 Å². The van der Waals surface area contributed by atoms with Gasteiger partial charge in [0.2, 0.25) is 5.91 Å². The van der Waals surface area contributed by atoms with Crippen molar-refractivity contribution in [1.29, 1.82) is 0 Å². The minimum Gasteiger partial charge on any atom is -0.486 e. The van der Waals surface area contributed by atoms with Crippen molar-refractivity contribution in [3.05, 3.63) is 88.5 Å². The van der Waals surface area contributed by atoms with Gasteiger partial charge in [-0.2, -0.15) is 0 Å². The number of anilines is 1. The van der Waals surface area contributed by atoms with E-state index in [-0.39, 0.29) is 11.8 Å². The Balaban J connectivity index is 1.43. The minimum absolute atomic E-state index is 0.104. The highest BCUT2D eigenvalue weighted by atomic mass is 16.6. The summed E-state index contributed by atoms with van der Waals surface area (Å²) in [6.45, 7) is 5.96. The molecule has 2 atom stereocenters. The van der Waals surface area contributed by atoms with E-state index in [1.807, 2.05) is 30.0 Å². The molecule has 1 fully saturated rings. The van der Waals surface area contributed by atoms with Gasteiger partial charge in [-0.25, -0.2) is 0 Å². The lowest BCUT2D eigenvalue weighted by molar-refractivity contribution is -0.139. The predicted octanol–water partition coefficient (Wildman–Crippen LogP) is 5.06. The average molecular weight is 541 g/mol. The number of carboxylic acid groups (broad SMARTS) is 1. The van der Waals surface area contributed by atoms with E-state index in [0.717, 1.165) is 31.5 Å². The monoisotopic (exact) mass is 540 g/mol. The second kappa shape index (κ2) is 10.3. The summed E-state index contributed by atoms with van der Waals surface area (Å²) in [4.78, 5) is 42.2. The quantitative estimate of drug-likeness (QED) is 0.497. The summed E-state index contributed by atoms with van der Waals surface area (Å²) in [5, 5.41) is 10.5. The van der Waals surface area contributed by atoms with Crippen LogP contribution in [0.25, 0.3) is 0 Å². The summed E-state index contributed by atoms with van der Waals surface area (Å²) in [5.74, 6) is -0.650. The number of hydrogen-bond acceptors (Lipinski definition) is 5. The Hall–Kier alpha value is -4.33. The first-order chi connectivity index (χ1) is 19.3. The molecule has 3 aliphatic heterocycles. The Labute approximate surface area is 233 Å². The summed E-state index contributed by atoms with van der Waals surface area (Å²) >= 11 is 0. The number of amides is 2. The highest BCUT2D eigenvalue weighted by Gasteiger charge is 2.45. The number of benzene rings is 3. The first kappa shape index (κ1) is 25.9. The lowest BCUT2D eigenvalue weighted by Gasteiger charge is -2.41. The van der Waals surface area contributed by atoms with Crippen molar-refractivity contribution >= 4 is 23.5 Å². The molecular formula is C32H32N2O6. The van der Waals surface area contributed by atoms with Gasteiger partial charge in [-0.05, 0) is 78.3 Å². The van der Waals surface area contributed by atoms with E-state index in [1.165, 1.54) is 5.56 Å². The highest BCUT2D eigenvalue weighted by Crippen LogP contribution is 2.47. The van der Waals surface area contributed by atoms with E-state index in [2.05, 4.69) is 6.07 Å². The SMILES string of the molecule is CC(=O)N1CCC(c2ccc(N3C(=O)c4ccccc4[C@@H](C(=O)O)[C@@H]3c3ccc4c(c3)OCCO4)cc2C)CC1. The van der Waals surface area contributed by atoms with Gasteiger partial charge in [0.25, 0.3) is 5.91 Å². The fraction of sp³-hybridized carbons (Fsp3) is 0.344. The molecular weight excluding hydrogens is 508 g/mol. The molecule has 206 valence electrons. The van der Waals surface area contributed by atoms with Gasteiger partial charge in [0.15, 0.2) is 11.5 Å². The van der Waals surface area contributed by atoms with Gasteiger partial charge in [0.05, 0.1) is 6.04 Å². The molecule has 0 radical (unpaired) electrons. The summed E-state index contributed by atoms with van der Waals surface area (Å²) < 4.78 is 11.5. The Morgan fingerprint density at radius 1 is 0.900 bits per heavy atom. The third kappa shape index (κ3) is 4.47. The topological polar surface area (TPSA) is 96.4 Å². The van der Waals surface area contributed by atoms with Crippen LogP contribution < -0.4 is 14.4 Å². The molecule has 3 aliphatic rings. The number of fused-ring (bicyclic) bond motifs is 2. The third-order valence-corrected chi connectivity index (χ3v) is 8.42. The molecule has 2 amide bonds. The molecule has 3 heterocycles. The predicted molar refractivity (Wildman–Crippen MR) is 149 cm³/mol. The fourth-order valence-electron chi connectivity index (χ4n) is 6.44. The molecule has 0 spiro atoms. The van der Waals surface area contributed by atoms with Crippen molar-refractivity contribution < 1.29 is 29.0 Å². The van der Waals surface area contributed by atoms with E-state index in [0.29, 0.717) is 53.0 Å². The number of piperidine rings is 1. The molecule has 3 aromatic rings. The molecule has 8 nitrogen and oxygen atoms in total. The Kier molecular flexibility index (Phi) is 6.70. The summed E-state index contributed by atoms with van der Waals surface area (Å²) in [6.07, 6.45) is 1.77. The molecule has 40 heavy (non-hydrogen) atoms. The molecule has 0 bridgehead atoms. The van der Waals surface area contributed by atoms with Crippen molar-refractivity contribution in [1.82, 2.24) is 4.90 Å². The number of carbonyl (C=O) groups excluding carboxylic acids is 2. The summed E-state index contributed by atoms with van der Waals surface area (Å²) in [7, 11) is 0. The van der Waals surface area contributed by atoms with Crippen LogP contribution >= 0.6 is 0 Å². The zero-order valence-electron chi connectivity index (χ0n) is 22.6. The van der Waals surface area contributed by atoms with Gasteiger partial charge in [0.1, 0.15) is 19.1 Å². The van der Waals surface area contributed by atoms with E-state index in [1.54, 1.807) is 48.2 Å². The first-order valence-corrected chi connectivity index (χ1v) is 13.7. The number of carboxylic acids is 1. The van der Waals surface area contributed by atoms with Crippen LogP contribution in [-0.2, 0) is 9.59 Å². The number of aliphatic carboxylic acids is 1. The van der Waals surface area contributed by atoms with E-state index in [9.17, 15) is 19.5 Å². The standard InChI is InChI=1S/C32H32N2O6/c1-19-17-23(8-9-24(19)21-11-13-33(14-12-21)20(2)35)34-30(22-7-10-27-28(18-22)40-16-15-39-27)29(32(37)38)25-5-3-4-6-26(25)31(34)36/h3-10,17-18,21,29-30H,11-16H2,1-2H3,(H,37,38)/t29-,30+/m1/s1. The molecule has 0 saturated carbocycles. The first-order valence-electron chi connectivity index (χ1n) is 13.7. The van der Waals surface area contributed by atoms with Gasteiger partial charge in [-0.1, -0.05) is 30.3 Å². The molecule has 6 rings (SSSR count). The minimum atomic E-state index is -1.00. The largest absolute Gasteiger partial charge is 0.486 e. The van der Waals surface area contributed by atoms with Crippen molar-refractivity contribution in [2.24, 2.45) is 0 Å². The van der Waals surface area contributed by atoms with Crippen molar-refractivity contribution in [3.8, 4) is 11.5 Å². The Bertz CT molecular complexity index is 1490. The maximum Gasteiger partial charge on any atom is 0.313 e. The molecule has 0 unspecified atom stereocenters. The summed E-state index contributed by atoms with van der Waals surface area (Å²) in [5.41, 5.74) is 4.44.